The molecule has 0 aliphatic carbocycles. The molecule has 0 aromatic heterocycles. The average Bonchev–Trinajstić information content (AvgIpc) is 3.33. The Hall–Kier alpha value is -2.76. The Morgan fingerprint density at radius 2 is 1.82 bits per heavy atom. The molecule has 0 N–H and O–H groups in total. The maximum atomic E-state index is 13.7. The van der Waals surface area contributed by atoms with Crippen LogP contribution >= 0.6 is 0 Å². The van der Waals surface area contributed by atoms with E-state index in [-0.39, 0.29) is 35.5 Å². The second kappa shape index (κ2) is 5.87. The number of Topliss-reactive ketones (excluding diaryl/α,β-unsaturated/α-hetero) is 2. The number of benzene rings is 2. The van der Waals surface area contributed by atoms with Crippen LogP contribution in [-0.2, 0) is 14.3 Å². The first-order chi connectivity index (χ1) is 13.7. The van der Waals surface area contributed by atoms with Gasteiger partial charge in [-0.05, 0) is 11.6 Å². The zero-order chi connectivity index (χ0) is 18.8. The predicted molar refractivity (Wildman–Crippen MR) is 103 cm³/mol. The minimum Gasteiger partial charge on any atom is -0.353 e. The highest BCUT2D eigenvalue weighted by atomic mass is 16.7. The van der Waals surface area contributed by atoms with Gasteiger partial charge >= 0.3 is 0 Å². The highest BCUT2D eigenvalue weighted by molar-refractivity contribution is 6.05. The summed E-state index contributed by atoms with van der Waals surface area (Å²) in [4.78, 5) is 28.9. The number of ether oxygens (including phenoxy) is 2. The summed E-state index contributed by atoms with van der Waals surface area (Å²) < 4.78 is 11.4. The van der Waals surface area contributed by atoms with Crippen molar-refractivity contribution in [2.75, 3.05) is 11.5 Å². The predicted octanol–water partition coefficient (Wildman–Crippen LogP) is 2.71. The number of fused-ring (bicyclic) bond motifs is 8. The van der Waals surface area contributed by atoms with Crippen molar-refractivity contribution in [3.05, 3.63) is 71.8 Å². The van der Waals surface area contributed by atoms with Crippen molar-refractivity contribution in [2.24, 2.45) is 11.8 Å². The molecule has 5 heteroatoms. The number of anilines is 1. The topological polar surface area (TPSA) is 55.8 Å². The zero-order valence-corrected chi connectivity index (χ0v) is 15.1. The van der Waals surface area contributed by atoms with Crippen LogP contribution in [0.4, 0.5) is 5.69 Å². The number of nitrogens with zero attached hydrogens (tertiary/aromatic N) is 1. The zero-order valence-electron chi connectivity index (χ0n) is 15.1. The van der Waals surface area contributed by atoms with Crippen LogP contribution in [0.2, 0.25) is 0 Å². The summed E-state index contributed by atoms with van der Waals surface area (Å²) in [7, 11) is 0. The van der Waals surface area contributed by atoms with E-state index in [1.54, 1.807) is 0 Å². The fourth-order valence-electron chi connectivity index (χ4n) is 5.35. The Bertz CT molecular complexity index is 1000. The van der Waals surface area contributed by atoms with E-state index in [2.05, 4.69) is 17.1 Å². The monoisotopic (exact) mass is 373 g/mol. The molecule has 0 radical (unpaired) electrons. The molecule has 0 amide bonds. The normalized spacial score (nSPS) is 34.7. The van der Waals surface area contributed by atoms with Gasteiger partial charge in [-0.1, -0.05) is 60.7 Å². The van der Waals surface area contributed by atoms with Crippen LogP contribution in [0.3, 0.4) is 0 Å². The minimum atomic E-state index is -0.788. The molecule has 2 aromatic rings. The molecule has 4 heterocycles. The van der Waals surface area contributed by atoms with Gasteiger partial charge in [-0.3, -0.25) is 9.59 Å². The lowest BCUT2D eigenvalue weighted by molar-refractivity contribution is -0.163. The lowest BCUT2D eigenvalue weighted by Crippen LogP contribution is -2.48. The van der Waals surface area contributed by atoms with Gasteiger partial charge in [0.05, 0.1) is 30.7 Å². The lowest BCUT2D eigenvalue weighted by Gasteiger charge is -2.35. The maximum Gasteiger partial charge on any atom is 0.218 e. The van der Waals surface area contributed by atoms with Crippen LogP contribution in [-0.4, -0.2) is 42.7 Å². The molecule has 4 aliphatic heterocycles. The number of carbonyl (C=O) groups excluding carboxylic acids is 2. The second-order valence-electron chi connectivity index (χ2n) is 7.84. The van der Waals surface area contributed by atoms with Crippen molar-refractivity contribution >= 4 is 23.3 Å². The first-order valence-electron chi connectivity index (χ1n) is 9.70. The van der Waals surface area contributed by atoms with Crippen LogP contribution in [0.15, 0.2) is 60.7 Å². The molecule has 6 rings (SSSR count). The van der Waals surface area contributed by atoms with Crippen molar-refractivity contribution in [2.45, 2.75) is 24.5 Å². The van der Waals surface area contributed by atoms with Crippen molar-refractivity contribution in [1.29, 1.82) is 0 Å². The van der Waals surface area contributed by atoms with Crippen molar-refractivity contribution in [3.63, 3.8) is 0 Å². The third kappa shape index (κ3) is 2.09. The van der Waals surface area contributed by atoms with Crippen molar-refractivity contribution in [3.8, 4) is 0 Å². The quantitative estimate of drug-likeness (QED) is 0.758. The van der Waals surface area contributed by atoms with E-state index < -0.39 is 12.3 Å². The Morgan fingerprint density at radius 3 is 2.68 bits per heavy atom. The van der Waals surface area contributed by atoms with E-state index in [4.69, 9.17) is 9.47 Å². The SMILES string of the molecule is O=C1[C@@H]2OC[C@@H](O2)[C@H]2[C@@H]1[C@H]1C=Cc3ccccc3N1[C@@H]2C(=O)c1ccccc1. The summed E-state index contributed by atoms with van der Waals surface area (Å²) in [6, 6.07) is 16.8. The molecular formula is C23H19NO4. The largest absolute Gasteiger partial charge is 0.353 e. The van der Waals surface area contributed by atoms with E-state index in [1.165, 1.54) is 0 Å². The number of para-hydroxylation sites is 1. The molecule has 0 saturated carbocycles. The van der Waals surface area contributed by atoms with Crippen LogP contribution in [0.25, 0.3) is 6.08 Å². The Labute approximate surface area is 162 Å². The fourth-order valence-corrected chi connectivity index (χ4v) is 5.35. The van der Waals surface area contributed by atoms with Gasteiger partial charge in [0.15, 0.2) is 11.6 Å². The van der Waals surface area contributed by atoms with Gasteiger partial charge in [-0.25, -0.2) is 0 Å². The van der Waals surface area contributed by atoms with Crippen LogP contribution in [0.5, 0.6) is 0 Å². The second-order valence-corrected chi connectivity index (χ2v) is 7.84. The standard InChI is InChI=1S/C23H19NO4/c25-21(14-7-2-1-3-8-14)20-19-17-12-27-23(28-17)22(26)18(19)16-11-10-13-6-4-5-9-15(13)24(16)20/h1-11,16-20,23H,12H2/t16-,17-,18+,19+,20+,23-/m1/s1. The van der Waals surface area contributed by atoms with Gasteiger partial charge in [0.25, 0.3) is 0 Å². The summed E-state index contributed by atoms with van der Waals surface area (Å²) in [6.07, 6.45) is 3.11. The molecule has 5 nitrogen and oxygen atoms in total. The smallest absolute Gasteiger partial charge is 0.218 e. The van der Waals surface area contributed by atoms with Crippen LogP contribution < -0.4 is 4.90 Å². The van der Waals surface area contributed by atoms with Gasteiger partial charge in [-0.2, -0.15) is 0 Å². The lowest BCUT2D eigenvalue weighted by atomic mass is 9.77. The molecule has 140 valence electrons. The first-order valence-corrected chi connectivity index (χ1v) is 9.70. The molecule has 2 bridgehead atoms. The number of rotatable bonds is 2. The number of carbonyl (C=O) groups is 2. The Kier molecular flexibility index (Phi) is 3.40. The summed E-state index contributed by atoms with van der Waals surface area (Å²) in [5.41, 5.74) is 2.73. The van der Waals surface area contributed by atoms with E-state index >= 15 is 0 Å². The number of ketones is 2. The van der Waals surface area contributed by atoms with E-state index in [0.29, 0.717) is 12.2 Å². The van der Waals surface area contributed by atoms with Gasteiger partial charge in [0.1, 0.15) is 0 Å². The molecule has 2 aromatic carbocycles. The van der Waals surface area contributed by atoms with E-state index in [1.807, 2.05) is 54.6 Å². The van der Waals surface area contributed by atoms with Crippen molar-refractivity contribution in [1.82, 2.24) is 0 Å². The maximum absolute atomic E-state index is 13.7. The van der Waals surface area contributed by atoms with Gasteiger partial charge < -0.3 is 14.4 Å². The molecule has 3 fully saturated rings. The molecular weight excluding hydrogens is 354 g/mol. The van der Waals surface area contributed by atoms with Crippen LogP contribution in [0.1, 0.15) is 15.9 Å². The highest BCUT2D eigenvalue weighted by Gasteiger charge is 2.63. The first kappa shape index (κ1) is 16.2. The summed E-state index contributed by atoms with van der Waals surface area (Å²) in [5, 5.41) is 0. The van der Waals surface area contributed by atoms with Gasteiger partial charge in [0.2, 0.25) is 6.29 Å². The molecule has 4 aliphatic rings. The molecule has 6 atom stereocenters. The number of hydrogen-bond donors (Lipinski definition) is 0. The Balaban J connectivity index is 1.53. The number of hydrogen-bond acceptors (Lipinski definition) is 5. The Morgan fingerprint density at radius 1 is 1.04 bits per heavy atom. The van der Waals surface area contributed by atoms with E-state index in [0.717, 1.165) is 11.3 Å². The van der Waals surface area contributed by atoms with Gasteiger partial charge in [-0.15, -0.1) is 0 Å². The molecule has 28 heavy (non-hydrogen) atoms. The van der Waals surface area contributed by atoms with E-state index in [9.17, 15) is 9.59 Å². The minimum absolute atomic E-state index is 0.0324. The van der Waals surface area contributed by atoms with Gasteiger partial charge in [0, 0.05) is 17.2 Å². The summed E-state index contributed by atoms with van der Waals surface area (Å²) in [6.45, 7) is 0.363. The third-order valence-electron chi connectivity index (χ3n) is 6.48. The fraction of sp³-hybridized carbons (Fsp3) is 0.304. The molecule has 0 spiro atoms. The highest BCUT2D eigenvalue weighted by Crippen LogP contribution is 2.50. The average molecular weight is 373 g/mol. The third-order valence-corrected chi connectivity index (χ3v) is 6.48. The molecule has 0 unspecified atom stereocenters. The summed E-state index contributed by atoms with van der Waals surface area (Å²) in [5.74, 6) is -0.528. The summed E-state index contributed by atoms with van der Waals surface area (Å²) >= 11 is 0. The van der Waals surface area contributed by atoms with Crippen LogP contribution in [0, 0.1) is 11.8 Å². The molecule has 3 saturated heterocycles. The van der Waals surface area contributed by atoms with Crippen molar-refractivity contribution < 1.29 is 19.1 Å².